The number of imidazole rings is 1. The van der Waals surface area contributed by atoms with Crippen molar-refractivity contribution in [2.45, 2.75) is 43.0 Å². The third-order valence-electron chi connectivity index (χ3n) is 5.37. The van der Waals surface area contributed by atoms with Gasteiger partial charge in [0.2, 0.25) is 0 Å². The molecule has 0 bridgehead atoms. The molecule has 2 aliphatic rings. The lowest BCUT2D eigenvalue weighted by Crippen LogP contribution is -2.41. The van der Waals surface area contributed by atoms with E-state index in [1.807, 2.05) is 35.6 Å². The number of hydrogen-bond acceptors (Lipinski definition) is 3. The van der Waals surface area contributed by atoms with Crippen LogP contribution in [0, 0.1) is 5.92 Å². The predicted octanol–water partition coefficient (Wildman–Crippen LogP) is 4.43. The van der Waals surface area contributed by atoms with Crippen molar-refractivity contribution >= 4 is 23.5 Å². The first-order valence-corrected chi connectivity index (χ1v) is 10.7. The smallest absolute Gasteiger partial charge is 0.321 e. The molecule has 1 aliphatic carbocycles. The molecule has 1 saturated heterocycles. The zero-order chi connectivity index (χ0) is 17.9. The predicted molar refractivity (Wildman–Crippen MR) is 106 cm³/mol. The molecule has 2 amide bonds. The lowest BCUT2D eigenvalue weighted by atomic mass is 9.96. The van der Waals surface area contributed by atoms with Crippen molar-refractivity contribution in [2.75, 3.05) is 24.7 Å². The van der Waals surface area contributed by atoms with Crippen molar-refractivity contribution in [3.05, 3.63) is 42.5 Å². The Hall–Kier alpha value is -1.95. The maximum Gasteiger partial charge on any atom is 0.321 e. The molecule has 5 nitrogen and oxygen atoms in total. The monoisotopic (exact) mass is 370 g/mol. The van der Waals surface area contributed by atoms with Crippen LogP contribution >= 0.6 is 11.8 Å². The first-order chi connectivity index (χ1) is 12.7. The SMILES string of the molecule is CSc1cccc(NC(=O)N2CCC(c3nccn3CC3CC3)CC2)c1. The van der Waals surface area contributed by atoms with Crippen molar-refractivity contribution in [1.82, 2.24) is 14.5 Å². The van der Waals surface area contributed by atoms with Crippen LogP contribution in [0.2, 0.25) is 0 Å². The van der Waals surface area contributed by atoms with Crippen LogP contribution in [0.3, 0.4) is 0 Å². The lowest BCUT2D eigenvalue weighted by Gasteiger charge is -2.32. The van der Waals surface area contributed by atoms with E-state index in [1.165, 1.54) is 18.7 Å². The zero-order valence-electron chi connectivity index (χ0n) is 15.2. The molecule has 4 rings (SSSR count). The van der Waals surface area contributed by atoms with E-state index < -0.39 is 0 Å². The fraction of sp³-hybridized carbons (Fsp3) is 0.500. The molecule has 2 fully saturated rings. The van der Waals surface area contributed by atoms with E-state index in [9.17, 15) is 4.79 Å². The maximum absolute atomic E-state index is 12.6. The quantitative estimate of drug-likeness (QED) is 0.792. The van der Waals surface area contributed by atoms with Gasteiger partial charge in [-0.25, -0.2) is 9.78 Å². The summed E-state index contributed by atoms with van der Waals surface area (Å²) in [5, 5.41) is 3.03. The summed E-state index contributed by atoms with van der Waals surface area (Å²) < 4.78 is 2.34. The summed E-state index contributed by atoms with van der Waals surface area (Å²) in [5.41, 5.74) is 0.865. The molecular formula is C20H26N4OS. The van der Waals surface area contributed by atoms with Crippen molar-refractivity contribution in [3.63, 3.8) is 0 Å². The number of benzene rings is 1. The number of aromatic nitrogens is 2. The highest BCUT2D eigenvalue weighted by molar-refractivity contribution is 7.98. The molecule has 1 aromatic carbocycles. The number of hydrogen-bond donors (Lipinski definition) is 1. The molecular weight excluding hydrogens is 344 g/mol. The molecule has 138 valence electrons. The number of anilines is 1. The number of rotatable bonds is 5. The normalized spacial score (nSPS) is 18.1. The molecule has 1 saturated carbocycles. The van der Waals surface area contributed by atoms with Gasteiger partial charge in [-0.1, -0.05) is 6.07 Å². The standard InChI is InChI=1S/C20H26N4OS/c1-26-18-4-2-3-17(13-18)22-20(25)23-10-7-16(8-11-23)19-21-9-12-24(19)14-15-5-6-15/h2-4,9,12-13,15-16H,5-8,10-11,14H2,1H3,(H,22,25). The van der Waals surface area contributed by atoms with E-state index in [0.717, 1.165) is 49.0 Å². The second-order valence-corrected chi connectivity index (χ2v) is 8.18. The third-order valence-corrected chi connectivity index (χ3v) is 6.09. The van der Waals surface area contributed by atoms with Crippen molar-refractivity contribution in [2.24, 2.45) is 5.92 Å². The number of carbonyl (C=O) groups excluding carboxylic acids is 1. The molecule has 0 unspecified atom stereocenters. The number of carbonyl (C=O) groups is 1. The minimum atomic E-state index is 0.00280. The van der Waals surface area contributed by atoms with Gasteiger partial charge in [0.15, 0.2) is 0 Å². The minimum absolute atomic E-state index is 0.00280. The van der Waals surface area contributed by atoms with Gasteiger partial charge in [0.25, 0.3) is 0 Å². The molecule has 0 radical (unpaired) electrons. The highest BCUT2D eigenvalue weighted by Gasteiger charge is 2.28. The van der Waals surface area contributed by atoms with Gasteiger partial charge in [-0.2, -0.15) is 0 Å². The van der Waals surface area contributed by atoms with E-state index >= 15 is 0 Å². The van der Waals surface area contributed by atoms with Gasteiger partial charge in [0.05, 0.1) is 0 Å². The Morgan fingerprint density at radius 1 is 1.27 bits per heavy atom. The molecule has 0 atom stereocenters. The van der Waals surface area contributed by atoms with Crippen LogP contribution in [-0.4, -0.2) is 39.8 Å². The number of piperidine rings is 1. The van der Waals surface area contributed by atoms with Gasteiger partial charge in [-0.05, 0) is 56.1 Å². The van der Waals surface area contributed by atoms with Crippen molar-refractivity contribution < 1.29 is 4.79 Å². The van der Waals surface area contributed by atoms with E-state index in [1.54, 1.807) is 11.8 Å². The molecule has 2 aromatic rings. The van der Waals surface area contributed by atoms with Gasteiger partial charge >= 0.3 is 6.03 Å². The Morgan fingerprint density at radius 2 is 2.08 bits per heavy atom. The Bertz CT molecular complexity index is 763. The average Bonchev–Trinajstić information content (AvgIpc) is 3.37. The molecule has 26 heavy (non-hydrogen) atoms. The third kappa shape index (κ3) is 4.06. The first kappa shape index (κ1) is 17.5. The second kappa shape index (κ2) is 7.74. The fourth-order valence-corrected chi connectivity index (χ4v) is 4.12. The average molecular weight is 371 g/mol. The van der Waals surface area contributed by atoms with Crippen LogP contribution in [0.4, 0.5) is 10.5 Å². The zero-order valence-corrected chi connectivity index (χ0v) is 16.0. The minimum Gasteiger partial charge on any atom is -0.334 e. The second-order valence-electron chi connectivity index (χ2n) is 7.30. The van der Waals surface area contributed by atoms with Crippen LogP contribution in [0.1, 0.15) is 37.4 Å². The van der Waals surface area contributed by atoms with Crippen LogP contribution < -0.4 is 5.32 Å². The fourth-order valence-electron chi connectivity index (χ4n) is 3.66. The lowest BCUT2D eigenvalue weighted by molar-refractivity contribution is 0.193. The number of thioether (sulfide) groups is 1. The topological polar surface area (TPSA) is 50.2 Å². The van der Waals surface area contributed by atoms with E-state index in [0.29, 0.717) is 5.92 Å². The molecule has 1 aromatic heterocycles. The van der Waals surface area contributed by atoms with Crippen molar-refractivity contribution in [1.29, 1.82) is 0 Å². The summed E-state index contributed by atoms with van der Waals surface area (Å²) in [7, 11) is 0. The van der Waals surface area contributed by atoms with E-state index in [-0.39, 0.29) is 6.03 Å². The summed E-state index contributed by atoms with van der Waals surface area (Å²) in [5.74, 6) is 2.53. The number of amides is 2. The van der Waals surface area contributed by atoms with E-state index in [4.69, 9.17) is 0 Å². The number of urea groups is 1. The van der Waals surface area contributed by atoms with Gasteiger partial charge in [0, 0.05) is 48.5 Å². The van der Waals surface area contributed by atoms with Crippen LogP contribution in [-0.2, 0) is 6.54 Å². The Labute approximate surface area is 159 Å². The summed E-state index contributed by atoms with van der Waals surface area (Å²) in [4.78, 5) is 20.3. The van der Waals surface area contributed by atoms with Crippen LogP contribution in [0.15, 0.2) is 41.6 Å². The molecule has 2 heterocycles. The highest BCUT2D eigenvalue weighted by atomic mass is 32.2. The number of nitrogens with zero attached hydrogens (tertiary/aromatic N) is 3. The molecule has 6 heteroatoms. The molecule has 1 aliphatic heterocycles. The van der Waals surface area contributed by atoms with Crippen molar-refractivity contribution in [3.8, 4) is 0 Å². The Balaban J connectivity index is 1.33. The summed E-state index contributed by atoms with van der Waals surface area (Å²) in [6.45, 7) is 2.69. The van der Waals surface area contributed by atoms with Gasteiger partial charge in [0.1, 0.15) is 5.82 Å². The number of nitrogens with one attached hydrogen (secondary N) is 1. The largest absolute Gasteiger partial charge is 0.334 e. The Morgan fingerprint density at radius 3 is 2.81 bits per heavy atom. The summed E-state index contributed by atoms with van der Waals surface area (Å²) in [6.07, 6.45) is 10.8. The first-order valence-electron chi connectivity index (χ1n) is 9.44. The van der Waals surface area contributed by atoms with Gasteiger partial charge < -0.3 is 14.8 Å². The van der Waals surface area contributed by atoms with Gasteiger partial charge in [-0.3, -0.25) is 0 Å². The Kier molecular flexibility index (Phi) is 5.20. The van der Waals surface area contributed by atoms with E-state index in [2.05, 4.69) is 27.1 Å². The van der Waals surface area contributed by atoms with Crippen LogP contribution in [0.5, 0.6) is 0 Å². The maximum atomic E-state index is 12.6. The molecule has 1 N–H and O–H groups in total. The highest BCUT2D eigenvalue weighted by Crippen LogP contribution is 2.33. The summed E-state index contributed by atoms with van der Waals surface area (Å²) >= 11 is 1.68. The number of likely N-dealkylation sites (tertiary alicyclic amines) is 1. The van der Waals surface area contributed by atoms with Crippen LogP contribution in [0.25, 0.3) is 0 Å². The van der Waals surface area contributed by atoms with Gasteiger partial charge in [-0.15, -0.1) is 11.8 Å². The molecule has 0 spiro atoms. The summed E-state index contributed by atoms with van der Waals surface area (Å²) in [6, 6.07) is 7.99.